The van der Waals surface area contributed by atoms with Gasteiger partial charge in [0, 0.05) is 0 Å². The van der Waals surface area contributed by atoms with Crippen LogP contribution in [0.25, 0.3) is 0 Å². The van der Waals surface area contributed by atoms with Gasteiger partial charge in [-0.3, -0.25) is 0 Å². The van der Waals surface area contributed by atoms with E-state index in [1.54, 1.807) is 0 Å². The Kier molecular flexibility index (Phi) is 23700. The summed E-state index contributed by atoms with van der Waals surface area (Å²) in [5, 5.41) is 0. The van der Waals surface area contributed by atoms with Gasteiger partial charge < -0.3 is 74.1 Å². The van der Waals surface area contributed by atoms with Crippen molar-refractivity contribution in [2.24, 2.45) is 0 Å². The molecule has 0 radical (unpaired) electrons. The Morgan fingerprint density at radius 3 is 0.300 bits per heavy atom. The summed E-state index contributed by atoms with van der Waals surface area (Å²) in [5.41, 5.74) is 0. The van der Waals surface area contributed by atoms with Crippen molar-refractivity contribution >= 4 is 25.8 Å². The average Bonchev–Trinajstić information content (AvgIpc) is 0. The van der Waals surface area contributed by atoms with E-state index in [1.165, 1.54) is 0 Å². The molecule has 0 atom stereocenters. The first-order valence-corrected chi connectivity index (χ1v) is 0. The first-order chi connectivity index (χ1) is 0. The predicted octanol–water partition coefficient (Wildman–Crippen LogP) is -8.40. The predicted molar refractivity (Wildman–Crippen MR) is 35.9 cm³/mol. The van der Waals surface area contributed by atoms with Crippen LogP contribution in [0.15, 0.2) is 0 Å². The molecule has 0 spiro atoms. The van der Waals surface area contributed by atoms with E-state index in [2.05, 4.69) is 0 Å². The van der Waals surface area contributed by atoms with Crippen LogP contribution in [0.1, 0.15) is 0 Å². The zero-order valence-corrected chi connectivity index (χ0v) is 11.5. The maximum absolute atomic E-state index is 0. The molecule has 18 N–H and O–H groups in total. The van der Waals surface area contributed by atoms with Gasteiger partial charge in [-0.15, -0.1) is 0 Å². The molecule has 10 heavy (non-hydrogen) atoms. The van der Waals surface area contributed by atoms with Gasteiger partial charge >= 0.3 is 25.8 Å². The van der Waals surface area contributed by atoms with Gasteiger partial charge in [-0.1, -0.05) is 0 Å². The molecule has 0 amide bonds. The molecule has 0 aromatic rings. The van der Waals surface area contributed by atoms with Crippen molar-refractivity contribution in [2.75, 3.05) is 0 Å². The fourth-order valence-corrected chi connectivity index (χ4v) is 0. The Morgan fingerprint density at radius 1 is 0.300 bits per heavy atom. The Bertz CT molecular complexity index is 13.0. The van der Waals surface area contributed by atoms with Crippen LogP contribution in [0.3, 0.4) is 0 Å². The summed E-state index contributed by atoms with van der Waals surface area (Å²) in [6.07, 6.45) is 0. The maximum atomic E-state index is 0. The molecule has 0 aliphatic heterocycles. The number of halogens is 3. The van der Waals surface area contributed by atoms with Crippen molar-refractivity contribution < 1.29 is 37.2 Å². The van der Waals surface area contributed by atoms with Crippen molar-refractivity contribution in [1.82, 2.24) is 36.9 Å². The summed E-state index contributed by atoms with van der Waals surface area (Å²) in [6, 6.07) is 0. The minimum Gasteiger partial charge on any atom is -1.00 e. The molecule has 0 aromatic heterocycles. The first-order valence-electron chi connectivity index (χ1n) is 0. The van der Waals surface area contributed by atoms with Gasteiger partial charge in [0.1, 0.15) is 0 Å². The molecule has 0 aromatic carbocycles. The summed E-state index contributed by atoms with van der Waals surface area (Å²) < 4.78 is 0. The first kappa shape index (κ1) is 563. The fourth-order valence-electron chi connectivity index (χ4n) is 0. The minimum absolute atomic E-state index is 0. The van der Waals surface area contributed by atoms with Crippen LogP contribution in [0.2, 0.25) is 0 Å². The molecule has 0 saturated carbocycles. The fraction of sp³-hybridized carbons (Fsp3) is 0. The van der Waals surface area contributed by atoms with Gasteiger partial charge in [0.2, 0.25) is 0 Å². The third kappa shape index (κ3) is 305. The monoisotopic (exact) mass is 322 g/mol. The van der Waals surface area contributed by atoms with Gasteiger partial charge in [0.15, 0.2) is 0 Å². The quantitative estimate of drug-likeness (QED) is 0.254. The van der Waals surface area contributed by atoms with E-state index in [0.717, 1.165) is 0 Å². The van der Waals surface area contributed by atoms with Gasteiger partial charge in [-0.05, 0) is 0 Å². The second-order valence-electron chi connectivity index (χ2n) is 0. The molecule has 0 bridgehead atoms. The van der Waals surface area contributed by atoms with Crippen LogP contribution in [0, 0.1) is 0 Å². The van der Waals surface area contributed by atoms with E-state index < -0.39 is 0 Å². The molecule has 0 fully saturated rings. The SMILES string of the molecule is N.N.N.N.N.N.[Cl-].[Cl-].[Cl-].[In+3]. The van der Waals surface area contributed by atoms with Gasteiger partial charge in [0.25, 0.3) is 0 Å². The number of hydrogen-bond donors (Lipinski definition) is 6. The van der Waals surface area contributed by atoms with E-state index in [0.29, 0.717) is 0 Å². The molecule has 0 heterocycles. The minimum atomic E-state index is 0. The summed E-state index contributed by atoms with van der Waals surface area (Å²) in [7, 11) is 0. The Hall–Kier alpha value is 1.50. The summed E-state index contributed by atoms with van der Waals surface area (Å²) in [4.78, 5) is 0. The van der Waals surface area contributed by atoms with Crippen LogP contribution in [0.4, 0.5) is 0 Å². The van der Waals surface area contributed by atoms with Gasteiger partial charge in [0.05, 0.1) is 0 Å². The molecule has 0 rings (SSSR count). The Morgan fingerprint density at radius 2 is 0.300 bits per heavy atom. The van der Waals surface area contributed by atoms with E-state index in [1.807, 2.05) is 0 Å². The molecule has 10 heteroatoms. The summed E-state index contributed by atoms with van der Waals surface area (Å²) in [6.45, 7) is 0. The van der Waals surface area contributed by atoms with Crippen LogP contribution >= 0.6 is 0 Å². The maximum Gasteiger partial charge on any atom is 3.00 e. The molecule has 0 unspecified atom stereocenters. The van der Waals surface area contributed by atoms with E-state index in [4.69, 9.17) is 0 Å². The van der Waals surface area contributed by atoms with Crippen molar-refractivity contribution in [1.29, 1.82) is 0 Å². The van der Waals surface area contributed by atoms with E-state index in [-0.39, 0.29) is 100.0 Å². The Labute approximate surface area is 99.6 Å². The molecule has 72 valence electrons. The average molecular weight is 323 g/mol. The van der Waals surface area contributed by atoms with Crippen LogP contribution in [-0.4, -0.2) is 25.8 Å². The Balaban J connectivity index is 0. The number of rotatable bonds is 0. The largest absolute Gasteiger partial charge is 3.00 e. The topological polar surface area (TPSA) is 210 Å². The molecule has 0 saturated heterocycles. The third-order valence-electron chi connectivity index (χ3n) is 0. The van der Waals surface area contributed by atoms with Crippen molar-refractivity contribution in [2.45, 2.75) is 0 Å². The normalized spacial score (nSPS) is 0. The molecular formula is H18Cl3InN6. The molecular weight excluding hydrogens is 305 g/mol. The van der Waals surface area contributed by atoms with Crippen molar-refractivity contribution in [3.05, 3.63) is 0 Å². The van der Waals surface area contributed by atoms with E-state index in [9.17, 15) is 0 Å². The third-order valence-corrected chi connectivity index (χ3v) is 0. The summed E-state index contributed by atoms with van der Waals surface area (Å²) in [5.74, 6) is 0. The summed E-state index contributed by atoms with van der Waals surface area (Å²) >= 11 is 0. The zero-order valence-electron chi connectivity index (χ0n) is 5.95. The zero-order chi connectivity index (χ0) is 0. The molecule has 0 aliphatic rings. The van der Waals surface area contributed by atoms with Crippen molar-refractivity contribution in [3.63, 3.8) is 0 Å². The standard InChI is InChI=1S/3ClH.In.6H3N/h3*1H;;6*1H3/q;;;+3;;;;;;/p-3. The van der Waals surface area contributed by atoms with Gasteiger partial charge in [-0.2, -0.15) is 0 Å². The number of hydrogen-bond acceptors (Lipinski definition) is 6. The van der Waals surface area contributed by atoms with Crippen molar-refractivity contribution in [3.8, 4) is 0 Å². The second kappa shape index (κ2) is 421. The molecule has 0 aliphatic carbocycles. The smallest absolute Gasteiger partial charge is 1.00 e. The van der Waals surface area contributed by atoms with Crippen LogP contribution in [0.5, 0.6) is 0 Å². The second-order valence-corrected chi connectivity index (χ2v) is 0. The van der Waals surface area contributed by atoms with Crippen LogP contribution in [-0.2, 0) is 0 Å². The van der Waals surface area contributed by atoms with Gasteiger partial charge in [-0.25, -0.2) is 0 Å². The van der Waals surface area contributed by atoms with Crippen LogP contribution < -0.4 is 74.1 Å². The van der Waals surface area contributed by atoms with E-state index >= 15 is 0 Å². The molecule has 6 nitrogen and oxygen atoms in total.